The largest absolute Gasteiger partial charge is 0.352 e. The van der Waals surface area contributed by atoms with Crippen molar-refractivity contribution in [2.75, 3.05) is 6.54 Å². The van der Waals surface area contributed by atoms with Gasteiger partial charge in [-0.1, -0.05) is 47.5 Å². The van der Waals surface area contributed by atoms with Gasteiger partial charge < -0.3 is 5.32 Å². The lowest BCUT2D eigenvalue weighted by molar-refractivity contribution is 0.0952. The van der Waals surface area contributed by atoms with Crippen molar-refractivity contribution >= 4 is 5.91 Å². The van der Waals surface area contributed by atoms with Crippen molar-refractivity contribution in [1.82, 2.24) is 5.32 Å². The number of carbonyl (C=O) groups is 1. The van der Waals surface area contributed by atoms with Gasteiger partial charge in [-0.05, 0) is 50.8 Å². The molecular weight excluding hydrogens is 258 g/mol. The molecule has 0 fully saturated rings. The summed E-state index contributed by atoms with van der Waals surface area (Å²) in [5, 5.41) is 3.01. The molecule has 2 aromatic rings. The monoisotopic (exact) mass is 281 g/mol. The highest BCUT2D eigenvalue weighted by atomic mass is 16.1. The first kappa shape index (κ1) is 15.3. The molecule has 0 unspecified atom stereocenters. The van der Waals surface area contributed by atoms with Crippen LogP contribution in [0.25, 0.3) is 0 Å². The van der Waals surface area contributed by atoms with E-state index >= 15 is 0 Å². The number of nitrogens with one attached hydrogen (secondary N) is 1. The van der Waals surface area contributed by atoms with Crippen molar-refractivity contribution in [2.24, 2.45) is 0 Å². The minimum absolute atomic E-state index is 0.0248. The lowest BCUT2D eigenvalue weighted by Gasteiger charge is -2.08. The molecule has 0 radical (unpaired) electrons. The molecule has 0 atom stereocenters. The lowest BCUT2D eigenvalue weighted by Crippen LogP contribution is -2.25. The van der Waals surface area contributed by atoms with Gasteiger partial charge >= 0.3 is 0 Å². The van der Waals surface area contributed by atoms with E-state index in [1.54, 1.807) is 0 Å². The molecule has 2 nitrogen and oxygen atoms in total. The molecule has 0 aromatic heterocycles. The van der Waals surface area contributed by atoms with Crippen LogP contribution in [0, 0.1) is 20.8 Å². The Morgan fingerprint density at radius 2 is 1.76 bits per heavy atom. The normalized spacial score (nSPS) is 10.4. The molecule has 110 valence electrons. The number of benzene rings is 2. The molecule has 21 heavy (non-hydrogen) atoms. The summed E-state index contributed by atoms with van der Waals surface area (Å²) in [6.07, 6.45) is 1.95. The van der Waals surface area contributed by atoms with Gasteiger partial charge in [0, 0.05) is 12.1 Å². The fourth-order valence-electron chi connectivity index (χ4n) is 2.53. The number of amides is 1. The molecule has 0 saturated carbocycles. The van der Waals surface area contributed by atoms with Gasteiger partial charge in [-0.3, -0.25) is 4.79 Å². The number of aryl methyl sites for hydroxylation is 4. The van der Waals surface area contributed by atoms with Gasteiger partial charge in [0.25, 0.3) is 5.91 Å². The van der Waals surface area contributed by atoms with E-state index < -0.39 is 0 Å². The summed E-state index contributed by atoms with van der Waals surface area (Å²) >= 11 is 0. The summed E-state index contributed by atoms with van der Waals surface area (Å²) in [4.78, 5) is 12.1. The predicted octanol–water partition coefficient (Wildman–Crippen LogP) is 3.97. The van der Waals surface area contributed by atoms with Crippen molar-refractivity contribution < 1.29 is 4.79 Å². The molecule has 0 aliphatic heterocycles. The van der Waals surface area contributed by atoms with Crippen molar-refractivity contribution in [1.29, 1.82) is 0 Å². The number of rotatable bonds is 5. The Bertz CT molecular complexity index is 631. The third-order valence-electron chi connectivity index (χ3n) is 3.64. The maximum absolute atomic E-state index is 12.1. The fourth-order valence-corrected chi connectivity index (χ4v) is 2.53. The van der Waals surface area contributed by atoms with E-state index in [0.717, 1.165) is 24.0 Å². The zero-order chi connectivity index (χ0) is 15.2. The van der Waals surface area contributed by atoms with Crippen LogP contribution in [0.4, 0.5) is 0 Å². The van der Waals surface area contributed by atoms with Gasteiger partial charge in [-0.25, -0.2) is 0 Å². The molecule has 1 N–H and O–H groups in total. The van der Waals surface area contributed by atoms with Gasteiger partial charge in [-0.2, -0.15) is 0 Å². The van der Waals surface area contributed by atoms with E-state index in [1.165, 1.54) is 16.7 Å². The van der Waals surface area contributed by atoms with Crippen LogP contribution in [0.2, 0.25) is 0 Å². The third-order valence-corrected chi connectivity index (χ3v) is 3.64. The van der Waals surface area contributed by atoms with E-state index in [2.05, 4.69) is 36.5 Å². The number of hydrogen-bond acceptors (Lipinski definition) is 1. The highest BCUT2D eigenvalue weighted by Crippen LogP contribution is 2.10. The van der Waals surface area contributed by atoms with Crippen LogP contribution >= 0.6 is 0 Å². The molecule has 2 aromatic carbocycles. The Balaban J connectivity index is 1.82. The molecular formula is C19H23NO. The third kappa shape index (κ3) is 4.45. The Labute approximate surface area is 127 Å². The van der Waals surface area contributed by atoms with E-state index in [-0.39, 0.29) is 5.91 Å². The first-order valence-electron chi connectivity index (χ1n) is 7.47. The Kier molecular flexibility index (Phi) is 5.15. The predicted molar refractivity (Wildman–Crippen MR) is 87.7 cm³/mol. The molecule has 0 aliphatic carbocycles. The second-order valence-electron chi connectivity index (χ2n) is 5.67. The van der Waals surface area contributed by atoms with Crippen molar-refractivity contribution in [2.45, 2.75) is 33.6 Å². The van der Waals surface area contributed by atoms with Crippen molar-refractivity contribution in [3.05, 3.63) is 70.3 Å². The smallest absolute Gasteiger partial charge is 0.251 e. The molecule has 0 heterocycles. The minimum atomic E-state index is 0.0248. The van der Waals surface area contributed by atoms with Gasteiger partial charge in [0.1, 0.15) is 0 Å². The summed E-state index contributed by atoms with van der Waals surface area (Å²) in [7, 11) is 0. The fraction of sp³-hybridized carbons (Fsp3) is 0.316. The molecule has 2 heteroatoms. The van der Waals surface area contributed by atoms with Crippen molar-refractivity contribution in [3.63, 3.8) is 0 Å². The highest BCUT2D eigenvalue weighted by molar-refractivity contribution is 5.95. The van der Waals surface area contributed by atoms with Crippen LogP contribution in [0.1, 0.15) is 39.0 Å². The van der Waals surface area contributed by atoms with Crippen LogP contribution in [0.3, 0.4) is 0 Å². The second-order valence-corrected chi connectivity index (χ2v) is 5.67. The highest BCUT2D eigenvalue weighted by Gasteiger charge is 2.07. The maximum atomic E-state index is 12.1. The number of hydrogen-bond donors (Lipinski definition) is 1. The summed E-state index contributed by atoms with van der Waals surface area (Å²) in [6, 6.07) is 14.5. The zero-order valence-corrected chi connectivity index (χ0v) is 13.1. The first-order valence-corrected chi connectivity index (χ1v) is 7.47. The Morgan fingerprint density at radius 1 is 1.00 bits per heavy atom. The molecule has 0 aliphatic rings. The SMILES string of the molecule is Cc1cccc(CCCNC(=O)c2ccc(C)cc2C)c1. The van der Waals surface area contributed by atoms with Gasteiger partial charge in [0.15, 0.2) is 0 Å². The van der Waals surface area contributed by atoms with Crippen LogP contribution in [0.5, 0.6) is 0 Å². The molecule has 1 amide bonds. The minimum Gasteiger partial charge on any atom is -0.352 e. The summed E-state index contributed by atoms with van der Waals surface area (Å²) in [5.74, 6) is 0.0248. The summed E-state index contributed by atoms with van der Waals surface area (Å²) in [6.45, 7) is 6.83. The van der Waals surface area contributed by atoms with E-state index in [9.17, 15) is 4.79 Å². The van der Waals surface area contributed by atoms with Crippen LogP contribution in [-0.4, -0.2) is 12.5 Å². The molecule has 0 spiro atoms. The van der Waals surface area contributed by atoms with E-state index in [4.69, 9.17) is 0 Å². The molecule has 2 rings (SSSR count). The maximum Gasteiger partial charge on any atom is 0.251 e. The average molecular weight is 281 g/mol. The van der Waals surface area contributed by atoms with E-state index in [0.29, 0.717) is 6.54 Å². The van der Waals surface area contributed by atoms with Gasteiger partial charge in [0.2, 0.25) is 0 Å². The topological polar surface area (TPSA) is 29.1 Å². The summed E-state index contributed by atoms with van der Waals surface area (Å²) in [5.41, 5.74) is 5.61. The van der Waals surface area contributed by atoms with Gasteiger partial charge in [-0.15, -0.1) is 0 Å². The lowest BCUT2D eigenvalue weighted by atomic mass is 10.0. The average Bonchev–Trinajstić information content (AvgIpc) is 2.43. The Hall–Kier alpha value is -2.09. The zero-order valence-electron chi connectivity index (χ0n) is 13.1. The van der Waals surface area contributed by atoms with Crippen LogP contribution in [0.15, 0.2) is 42.5 Å². The van der Waals surface area contributed by atoms with Crippen LogP contribution in [-0.2, 0) is 6.42 Å². The van der Waals surface area contributed by atoms with E-state index in [1.807, 2.05) is 32.0 Å². The first-order chi connectivity index (χ1) is 10.1. The van der Waals surface area contributed by atoms with Crippen molar-refractivity contribution in [3.8, 4) is 0 Å². The second kappa shape index (κ2) is 7.07. The van der Waals surface area contributed by atoms with Gasteiger partial charge in [0.05, 0.1) is 0 Å². The standard InChI is InChI=1S/C19H23NO/c1-14-6-4-7-17(13-14)8-5-11-20-19(21)18-10-9-15(2)12-16(18)3/h4,6-7,9-10,12-13H,5,8,11H2,1-3H3,(H,20,21). The summed E-state index contributed by atoms with van der Waals surface area (Å²) < 4.78 is 0. The molecule has 0 bridgehead atoms. The van der Waals surface area contributed by atoms with Crippen LogP contribution < -0.4 is 5.32 Å². The molecule has 0 saturated heterocycles. The Morgan fingerprint density at radius 3 is 2.48 bits per heavy atom. The number of carbonyl (C=O) groups excluding carboxylic acids is 1. The quantitative estimate of drug-likeness (QED) is 0.825.